The minimum Gasteiger partial charge on any atom is -0.326 e. The molecule has 0 saturated carbocycles. The average molecular weight is 226 g/mol. The third kappa shape index (κ3) is 3.46. The molecule has 0 spiro atoms. The van der Waals surface area contributed by atoms with Gasteiger partial charge in [-0.05, 0) is 30.6 Å². The van der Waals surface area contributed by atoms with E-state index in [-0.39, 0.29) is 11.5 Å². The zero-order valence-electron chi connectivity index (χ0n) is 12.0. The van der Waals surface area contributed by atoms with Crippen LogP contribution in [0.4, 0.5) is 0 Å². The molecular weight excluding hydrogens is 196 g/mol. The lowest BCUT2D eigenvalue weighted by atomic mass is 9.83. The minimum atomic E-state index is 0.212. The molecule has 16 heavy (non-hydrogen) atoms. The molecule has 0 radical (unpaired) electrons. The summed E-state index contributed by atoms with van der Waals surface area (Å²) in [5, 5.41) is 0. The lowest BCUT2D eigenvalue weighted by Crippen LogP contribution is -2.53. The van der Waals surface area contributed by atoms with E-state index < -0.39 is 0 Å². The van der Waals surface area contributed by atoms with Crippen LogP contribution in [0.15, 0.2) is 0 Å². The fraction of sp³-hybridized carbons (Fsp3) is 1.00. The van der Waals surface area contributed by atoms with Crippen molar-refractivity contribution in [1.29, 1.82) is 0 Å². The molecule has 0 amide bonds. The Kier molecular flexibility index (Phi) is 4.42. The largest absolute Gasteiger partial charge is 0.326 e. The van der Waals surface area contributed by atoms with E-state index in [2.05, 4.69) is 46.4 Å². The summed E-state index contributed by atoms with van der Waals surface area (Å²) in [6.07, 6.45) is 1.36. The van der Waals surface area contributed by atoms with Gasteiger partial charge in [-0.2, -0.15) is 0 Å². The third-order valence-electron chi connectivity index (χ3n) is 4.26. The Labute approximate surface area is 102 Å². The van der Waals surface area contributed by atoms with E-state index in [9.17, 15) is 0 Å². The van der Waals surface area contributed by atoms with Crippen LogP contribution in [0.3, 0.4) is 0 Å². The molecule has 0 aromatic rings. The lowest BCUT2D eigenvalue weighted by molar-refractivity contribution is 0.0614. The molecule has 0 aromatic heterocycles. The van der Waals surface area contributed by atoms with E-state index in [1.165, 1.54) is 13.0 Å². The molecule has 0 bridgehead atoms. The SMILES string of the molecule is CC1CC(C)C(C)N(CC(N)C(C)(C)C)C1. The second-order valence-corrected chi connectivity index (χ2v) is 6.99. The smallest absolute Gasteiger partial charge is 0.0217 e. The van der Waals surface area contributed by atoms with Crippen molar-refractivity contribution in [1.82, 2.24) is 4.90 Å². The summed E-state index contributed by atoms with van der Waals surface area (Å²) < 4.78 is 0. The fourth-order valence-corrected chi connectivity index (χ4v) is 2.60. The van der Waals surface area contributed by atoms with Gasteiger partial charge in [0.25, 0.3) is 0 Å². The van der Waals surface area contributed by atoms with Crippen molar-refractivity contribution in [2.75, 3.05) is 13.1 Å². The first-order chi connectivity index (χ1) is 7.21. The van der Waals surface area contributed by atoms with Gasteiger partial charge in [0, 0.05) is 25.2 Å². The highest BCUT2D eigenvalue weighted by atomic mass is 15.2. The minimum absolute atomic E-state index is 0.212. The first kappa shape index (κ1) is 14.0. The van der Waals surface area contributed by atoms with Crippen LogP contribution in [-0.4, -0.2) is 30.1 Å². The molecule has 1 saturated heterocycles. The molecule has 1 heterocycles. The molecule has 4 atom stereocenters. The number of nitrogens with zero attached hydrogens (tertiary/aromatic N) is 1. The molecule has 2 heteroatoms. The number of hydrogen-bond donors (Lipinski definition) is 1. The predicted molar refractivity (Wildman–Crippen MR) is 71.4 cm³/mol. The summed E-state index contributed by atoms with van der Waals surface area (Å²) in [5.41, 5.74) is 6.50. The number of nitrogens with two attached hydrogens (primary N) is 1. The zero-order valence-corrected chi connectivity index (χ0v) is 12.0. The summed E-state index contributed by atoms with van der Waals surface area (Å²) in [4.78, 5) is 2.59. The van der Waals surface area contributed by atoms with Crippen LogP contribution in [0.1, 0.15) is 48.0 Å². The van der Waals surface area contributed by atoms with Gasteiger partial charge in [-0.15, -0.1) is 0 Å². The summed E-state index contributed by atoms with van der Waals surface area (Å²) in [7, 11) is 0. The summed E-state index contributed by atoms with van der Waals surface area (Å²) in [6, 6.07) is 0.956. The Bertz CT molecular complexity index is 219. The van der Waals surface area contributed by atoms with Gasteiger partial charge in [-0.3, -0.25) is 4.90 Å². The van der Waals surface area contributed by atoms with Gasteiger partial charge in [0.1, 0.15) is 0 Å². The van der Waals surface area contributed by atoms with Crippen LogP contribution >= 0.6 is 0 Å². The molecule has 1 rings (SSSR count). The Morgan fingerprint density at radius 1 is 1.25 bits per heavy atom. The topological polar surface area (TPSA) is 29.3 Å². The van der Waals surface area contributed by atoms with Crippen molar-refractivity contribution in [3.63, 3.8) is 0 Å². The number of likely N-dealkylation sites (tertiary alicyclic amines) is 1. The maximum absolute atomic E-state index is 6.29. The van der Waals surface area contributed by atoms with E-state index in [1.807, 2.05) is 0 Å². The van der Waals surface area contributed by atoms with Gasteiger partial charge in [-0.1, -0.05) is 34.6 Å². The molecule has 2 N–H and O–H groups in total. The van der Waals surface area contributed by atoms with Crippen molar-refractivity contribution < 1.29 is 0 Å². The van der Waals surface area contributed by atoms with Gasteiger partial charge in [0.05, 0.1) is 0 Å². The molecule has 2 nitrogen and oxygen atoms in total. The van der Waals surface area contributed by atoms with Crippen molar-refractivity contribution >= 4 is 0 Å². The van der Waals surface area contributed by atoms with Crippen molar-refractivity contribution in [2.24, 2.45) is 23.0 Å². The van der Waals surface area contributed by atoms with Gasteiger partial charge >= 0.3 is 0 Å². The predicted octanol–water partition coefficient (Wildman–Crippen LogP) is 2.73. The Balaban J connectivity index is 2.58. The second kappa shape index (κ2) is 5.05. The molecule has 1 aliphatic rings. The summed E-state index contributed by atoms with van der Waals surface area (Å²) in [5.74, 6) is 1.62. The monoisotopic (exact) mass is 226 g/mol. The van der Waals surface area contributed by atoms with Crippen LogP contribution in [0.5, 0.6) is 0 Å². The maximum Gasteiger partial charge on any atom is 0.0217 e. The molecule has 1 fully saturated rings. The van der Waals surface area contributed by atoms with Gasteiger partial charge in [0.15, 0.2) is 0 Å². The standard InChI is InChI=1S/C14H30N2/c1-10-7-11(2)12(3)16(8-10)9-13(15)14(4,5)6/h10-13H,7-9,15H2,1-6H3. The van der Waals surface area contributed by atoms with Crippen LogP contribution in [0.2, 0.25) is 0 Å². The zero-order chi connectivity index (χ0) is 12.5. The number of hydrogen-bond acceptors (Lipinski definition) is 2. The van der Waals surface area contributed by atoms with Crippen molar-refractivity contribution in [3.05, 3.63) is 0 Å². The van der Waals surface area contributed by atoms with Crippen LogP contribution in [-0.2, 0) is 0 Å². The maximum atomic E-state index is 6.29. The summed E-state index contributed by atoms with van der Waals surface area (Å²) in [6.45, 7) is 16.0. The van der Waals surface area contributed by atoms with Gasteiger partial charge in [0.2, 0.25) is 0 Å². The molecular formula is C14H30N2. The number of rotatable bonds is 2. The van der Waals surface area contributed by atoms with Crippen molar-refractivity contribution in [2.45, 2.75) is 60.0 Å². The quantitative estimate of drug-likeness (QED) is 0.784. The van der Waals surface area contributed by atoms with E-state index in [4.69, 9.17) is 5.73 Å². The molecule has 0 aliphatic carbocycles. The normalized spacial score (nSPS) is 35.1. The highest BCUT2D eigenvalue weighted by Crippen LogP contribution is 2.28. The second-order valence-electron chi connectivity index (χ2n) is 6.99. The van der Waals surface area contributed by atoms with E-state index in [1.54, 1.807) is 0 Å². The van der Waals surface area contributed by atoms with Crippen LogP contribution in [0, 0.1) is 17.3 Å². The molecule has 1 aliphatic heterocycles. The first-order valence-corrected chi connectivity index (χ1v) is 6.71. The third-order valence-corrected chi connectivity index (χ3v) is 4.26. The fourth-order valence-electron chi connectivity index (χ4n) is 2.60. The van der Waals surface area contributed by atoms with Gasteiger partial charge < -0.3 is 5.73 Å². The Morgan fingerprint density at radius 2 is 1.81 bits per heavy atom. The van der Waals surface area contributed by atoms with E-state index in [0.29, 0.717) is 6.04 Å². The van der Waals surface area contributed by atoms with E-state index in [0.717, 1.165) is 18.4 Å². The molecule has 0 aromatic carbocycles. The number of piperidine rings is 1. The average Bonchev–Trinajstić information content (AvgIpc) is 2.11. The lowest BCUT2D eigenvalue weighted by Gasteiger charge is -2.44. The molecule has 96 valence electrons. The van der Waals surface area contributed by atoms with Crippen LogP contribution < -0.4 is 5.73 Å². The van der Waals surface area contributed by atoms with Crippen molar-refractivity contribution in [3.8, 4) is 0 Å². The Hall–Kier alpha value is -0.0800. The van der Waals surface area contributed by atoms with E-state index >= 15 is 0 Å². The van der Waals surface area contributed by atoms with Crippen LogP contribution in [0.25, 0.3) is 0 Å². The Morgan fingerprint density at radius 3 is 2.31 bits per heavy atom. The highest BCUT2D eigenvalue weighted by molar-refractivity contribution is 4.87. The van der Waals surface area contributed by atoms with Gasteiger partial charge in [-0.25, -0.2) is 0 Å². The summed E-state index contributed by atoms with van der Waals surface area (Å²) >= 11 is 0. The first-order valence-electron chi connectivity index (χ1n) is 6.71. The highest BCUT2D eigenvalue weighted by Gasteiger charge is 2.31. The molecule has 4 unspecified atom stereocenters.